The number of para-hydroxylation sites is 2. The van der Waals surface area contributed by atoms with Crippen molar-refractivity contribution in [1.29, 1.82) is 0 Å². The number of amides is 4. The van der Waals surface area contributed by atoms with Crippen LogP contribution in [0.15, 0.2) is 58.3 Å². The van der Waals surface area contributed by atoms with Gasteiger partial charge in [0, 0.05) is 37.3 Å². The first-order valence-electron chi connectivity index (χ1n) is 13.8. The second-order valence-electron chi connectivity index (χ2n) is 9.63. The highest BCUT2D eigenvalue weighted by Gasteiger charge is 2.41. The van der Waals surface area contributed by atoms with Gasteiger partial charge in [-0.05, 0) is 48.9 Å². The second-order valence-corrected chi connectivity index (χ2v) is 12.9. The molecule has 2 aromatic carbocycles. The summed E-state index contributed by atoms with van der Waals surface area (Å²) in [6.45, 7) is 4.60. The largest absolute Gasteiger partial charge is 0.326 e. The van der Waals surface area contributed by atoms with Crippen molar-refractivity contribution in [2.75, 3.05) is 23.7 Å². The molecule has 2 heterocycles. The summed E-state index contributed by atoms with van der Waals surface area (Å²) in [5.41, 5.74) is 3.70. The quantitative estimate of drug-likeness (QED) is 0.219. The minimum Gasteiger partial charge on any atom is -0.326 e. The molecule has 4 amide bonds. The van der Waals surface area contributed by atoms with E-state index in [9.17, 15) is 19.2 Å². The summed E-state index contributed by atoms with van der Waals surface area (Å²) in [6.07, 6.45) is 2.91. The molecule has 0 aliphatic carbocycles. The summed E-state index contributed by atoms with van der Waals surface area (Å²) in [5.74, 6) is -0.969. The molecule has 42 heavy (non-hydrogen) atoms. The summed E-state index contributed by atoms with van der Waals surface area (Å²) in [7, 11) is 0. The number of carbonyl (C=O) groups is 4. The smallest absolute Gasteiger partial charge is 0.267 e. The van der Waals surface area contributed by atoms with Gasteiger partial charge in [0.15, 0.2) is 0 Å². The Kier molecular flexibility index (Phi) is 11.3. The highest BCUT2D eigenvalue weighted by atomic mass is 32.2. The Morgan fingerprint density at radius 3 is 1.45 bits per heavy atom. The van der Waals surface area contributed by atoms with Crippen molar-refractivity contribution in [2.45, 2.75) is 52.4 Å². The molecule has 0 spiro atoms. The fourth-order valence-corrected chi connectivity index (χ4v) is 7.35. The van der Waals surface area contributed by atoms with Gasteiger partial charge in [-0.15, -0.1) is 0 Å². The van der Waals surface area contributed by atoms with Crippen LogP contribution >= 0.6 is 48.0 Å². The van der Waals surface area contributed by atoms with Gasteiger partial charge in [-0.1, -0.05) is 98.2 Å². The Morgan fingerprint density at radius 2 is 1.07 bits per heavy atom. The number of hydrogen-bond acceptors (Lipinski definition) is 8. The van der Waals surface area contributed by atoms with Crippen LogP contribution in [0.2, 0.25) is 0 Å². The molecule has 4 rings (SSSR count). The molecule has 2 N–H and O–H groups in total. The SMILES string of the molecule is CCc1ccccc1NC(=O)CCCN1C(=O)/C(=C2\SC(=S)N(CCCC(=O)Nc3ccccc3CC)C2=O)SC1=S. The lowest BCUT2D eigenvalue weighted by atomic mass is 10.1. The van der Waals surface area contributed by atoms with Crippen LogP contribution in [0.1, 0.15) is 50.7 Å². The molecule has 220 valence electrons. The van der Waals surface area contributed by atoms with Crippen LogP contribution in [0, 0.1) is 0 Å². The summed E-state index contributed by atoms with van der Waals surface area (Å²) >= 11 is 13.0. The highest BCUT2D eigenvalue weighted by Crippen LogP contribution is 2.42. The Hall–Kier alpha value is -3.06. The molecule has 0 unspecified atom stereocenters. The second kappa shape index (κ2) is 14.9. The van der Waals surface area contributed by atoms with Crippen LogP contribution in [0.4, 0.5) is 11.4 Å². The van der Waals surface area contributed by atoms with E-state index < -0.39 is 0 Å². The van der Waals surface area contributed by atoms with Crippen molar-refractivity contribution < 1.29 is 19.2 Å². The average Bonchev–Trinajstić information content (AvgIpc) is 3.42. The molecule has 0 bridgehead atoms. The minimum absolute atomic E-state index is 0.134. The molecule has 2 aliphatic heterocycles. The fraction of sp³-hybridized carbons (Fsp3) is 0.333. The zero-order valence-electron chi connectivity index (χ0n) is 23.4. The predicted molar refractivity (Wildman–Crippen MR) is 178 cm³/mol. The van der Waals surface area contributed by atoms with Gasteiger partial charge in [-0.25, -0.2) is 0 Å². The van der Waals surface area contributed by atoms with Crippen molar-refractivity contribution in [1.82, 2.24) is 9.80 Å². The van der Waals surface area contributed by atoms with Gasteiger partial charge in [0.05, 0.1) is 9.81 Å². The number of hydrogen-bond donors (Lipinski definition) is 2. The lowest BCUT2D eigenvalue weighted by Crippen LogP contribution is -2.31. The van der Waals surface area contributed by atoms with Crippen LogP contribution in [-0.2, 0) is 32.0 Å². The molecular weight excluding hydrogens is 609 g/mol. The van der Waals surface area contributed by atoms with E-state index in [0.29, 0.717) is 21.5 Å². The maximum atomic E-state index is 13.2. The average molecular weight is 641 g/mol. The van der Waals surface area contributed by atoms with Crippen LogP contribution < -0.4 is 10.6 Å². The van der Waals surface area contributed by atoms with E-state index in [0.717, 1.165) is 58.9 Å². The van der Waals surface area contributed by atoms with E-state index in [2.05, 4.69) is 10.6 Å². The van der Waals surface area contributed by atoms with E-state index in [1.807, 2.05) is 62.4 Å². The van der Waals surface area contributed by atoms with Gasteiger partial charge in [0.2, 0.25) is 11.8 Å². The molecule has 0 aromatic heterocycles. The number of anilines is 2. The Balaban J connectivity index is 1.28. The van der Waals surface area contributed by atoms with E-state index in [1.165, 1.54) is 9.80 Å². The molecule has 0 atom stereocenters. The molecule has 0 radical (unpaired) electrons. The van der Waals surface area contributed by atoms with Gasteiger partial charge >= 0.3 is 0 Å². The third-order valence-electron chi connectivity index (χ3n) is 6.82. The van der Waals surface area contributed by atoms with Crippen LogP contribution in [0.5, 0.6) is 0 Å². The van der Waals surface area contributed by atoms with Gasteiger partial charge in [0.25, 0.3) is 11.8 Å². The summed E-state index contributed by atoms with van der Waals surface area (Å²) in [5, 5.41) is 5.87. The summed E-state index contributed by atoms with van der Waals surface area (Å²) in [6, 6.07) is 15.3. The lowest BCUT2D eigenvalue weighted by Gasteiger charge is -2.15. The number of aryl methyl sites for hydroxylation is 2. The van der Waals surface area contributed by atoms with E-state index in [4.69, 9.17) is 24.4 Å². The zero-order valence-corrected chi connectivity index (χ0v) is 26.7. The van der Waals surface area contributed by atoms with Crippen molar-refractivity contribution >= 4 is 91.6 Å². The summed E-state index contributed by atoms with van der Waals surface area (Å²) in [4.78, 5) is 54.8. The van der Waals surface area contributed by atoms with Crippen molar-refractivity contribution in [3.8, 4) is 0 Å². The molecule has 2 saturated heterocycles. The maximum Gasteiger partial charge on any atom is 0.267 e. The normalized spacial score (nSPS) is 16.9. The van der Waals surface area contributed by atoms with Crippen LogP contribution in [0.3, 0.4) is 0 Å². The molecule has 2 aromatic rings. The van der Waals surface area contributed by atoms with Crippen LogP contribution in [0.25, 0.3) is 0 Å². The third-order valence-corrected chi connectivity index (χ3v) is 9.85. The molecule has 8 nitrogen and oxygen atoms in total. The van der Waals surface area contributed by atoms with E-state index in [-0.39, 0.29) is 59.4 Å². The number of thioether (sulfide) groups is 2. The molecule has 2 aliphatic rings. The number of benzene rings is 2. The number of nitrogens with one attached hydrogen (secondary N) is 2. The number of rotatable bonds is 12. The van der Waals surface area contributed by atoms with Gasteiger partial charge in [-0.2, -0.15) is 0 Å². The number of nitrogens with zero attached hydrogens (tertiary/aromatic N) is 2. The van der Waals surface area contributed by atoms with Crippen molar-refractivity contribution in [3.05, 3.63) is 69.5 Å². The Bertz CT molecular complexity index is 1350. The van der Waals surface area contributed by atoms with Gasteiger partial charge < -0.3 is 10.6 Å². The number of carbonyl (C=O) groups excluding carboxylic acids is 4. The Labute approximate surface area is 265 Å². The van der Waals surface area contributed by atoms with Gasteiger partial charge in [0.1, 0.15) is 8.64 Å². The van der Waals surface area contributed by atoms with Gasteiger partial charge in [-0.3, -0.25) is 29.0 Å². The zero-order chi connectivity index (χ0) is 30.2. The third kappa shape index (κ3) is 7.66. The first kappa shape index (κ1) is 31.9. The topological polar surface area (TPSA) is 98.8 Å². The summed E-state index contributed by atoms with van der Waals surface area (Å²) < 4.78 is 0.696. The van der Waals surface area contributed by atoms with E-state index in [1.54, 1.807) is 0 Å². The first-order chi connectivity index (χ1) is 20.2. The highest BCUT2D eigenvalue weighted by molar-refractivity contribution is 8.29. The standard InChI is InChI=1S/C30H32N4O4S4/c1-3-19-11-5-7-13-21(19)31-23(35)15-9-17-33-27(37)25(41-29(33)39)26-28(38)34(30(40)42-26)18-10-16-24(36)32-22-14-8-6-12-20(22)4-2/h5-8,11-14H,3-4,9-10,15-18H2,1-2H3,(H,31,35)(H,32,36)/b26-25+. The lowest BCUT2D eigenvalue weighted by molar-refractivity contribution is -0.124. The molecule has 2 fully saturated rings. The van der Waals surface area contributed by atoms with Crippen molar-refractivity contribution in [2.24, 2.45) is 0 Å². The minimum atomic E-state index is -0.351. The molecular formula is C30H32N4O4S4. The van der Waals surface area contributed by atoms with E-state index >= 15 is 0 Å². The molecule has 0 saturated carbocycles. The maximum absolute atomic E-state index is 13.2. The van der Waals surface area contributed by atoms with Crippen molar-refractivity contribution in [3.63, 3.8) is 0 Å². The predicted octanol–water partition coefficient (Wildman–Crippen LogP) is 5.88. The first-order valence-corrected chi connectivity index (χ1v) is 16.3. The Morgan fingerprint density at radius 1 is 0.690 bits per heavy atom. The number of thiocarbonyl (C=S) groups is 2. The molecule has 12 heteroatoms. The monoisotopic (exact) mass is 640 g/mol. The fourth-order valence-electron chi connectivity index (χ4n) is 4.58. The van der Waals surface area contributed by atoms with Crippen LogP contribution in [-0.4, -0.2) is 55.2 Å².